The van der Waals surface area contributed by atoms with Gasteiger partial charge < -0.3 is 14.6 Å². The number of thiophene rings is 1. The van der Waals surface area contributed by atoms with Gasteiger partial charge in [0.05, 0.1) is 19.3 Å². The van der Waals surface area contributed by atoms with E-state index in [0.717, 1.165) is 48.8 Å². The maximum Gasteiger partial charge on any atom is 0.268 e. The Morgan fingerprint density at radius 3 is 2.78 bits per heavy atom. The highest BCUT2D eigenvalue weighted by Gasteiger charge is 2.21. The number of hydrogen-bond acceptors (Lipinski definition) is 4. The summed E-state index contributed by atoms with van der Waals surface area (Å²) in [6.07, 6.45) is 0. The highest BCUT2D eigenvalue weighted by Crippen LogP contribution is 2.31. The molecule has 6 heteroatoms. The second-order valence-electron chi connectivity index (χ2n) is 6.88. The number of nitrogens with one attached hydrogen (secondary N) is 1. The zero-order valence-corrected chi connectivity index (χ0v) is 16.4. The largest absolute Gasteiger partial charge is 0.379 e. The van der Waals surface area contributed by atoms with Crippen molar-refractivity contribution in [3.63, 3.8) is 0 Å². The Labute approximate surface area is 163 Å². The lowest BCUT2D eigenvalue weighted by atomic mass is 10.1. The summed E-state index contributed by atoms with van der Waals surface area (Å²) >= 11 is 1.68. The fourth-order valence-electron chi connectivity index (χ4n) is 3.63. The van der Waals surface area contributed by atoms with Crippen molar-refractivity contribution in [2.75, 3.05) is 39.4 Å². The molecule has 142 valence electrons. The van der Waals surface area contributed by atoms with Crippen LogP contribution in [0.4, 0.5) is 0 Å². The molecule has 0 aliphatic carbocycles. The number of aromatic nitrogens is 1. The molecule has 5 nitrogen and oxygen atoms in total. The summed E-state index contributed by atoms with van der Waals surface area (Å²) in [6, 6.07) is 14.5. The van der Waals surface area contributed by atoms with Crippen LogP contribution in [-0.2, 0) is 4.74 Å². The third-order valence-electron chi connectivity index (χ3n) is 5.16. The van der Waals surface area contributed by atoms with Crippen molar-refractivity contribution in [2.24, 2.45) is 0 Å². The van der Waals surface area contributed by atoms with Crippen LogP contribution >= 0.6 is 11.3 Å². The Balaban J connectivity index is 1.52. The van der Waals surface area contributed by atoms with E-state index < -0.39 is 0 Å². The van der Waals surface area contributed by atoms with Crippen LogP contribution in [0.25, 0.3) is 10.2 Å². The molecule has 1 N–H and O–H groups in total. The normalized spacial score (nSPS) is 16.5. The van der Waals surface area contributed by atoms with E-state index in [4.69, 9.17) is 4.74 Å². The van der Waals surface area contributed by atoms with E-state index in [9.17, 15) is 4.79 Å². The number of amides is 1. The average molecular weight is 384 g/mol. The molecule has 2 aromatic heterocycles. The molecule has 3 aromatic rings. The van der Waals surface area contributed by atoms with Crippen LogP contribution < -0.4 is 5.32 Å². The minimum absolute atomic E-state index is 0.00515. The lowest BCUT2D eigenvalue weighted by Crippen LogP contribution is -2.41. The zero-order chi connectivity index (χ0) is 18.6. The standard InChI is InChI=1S/C21H25N3O2S/c1-16(17-5-3-2-4-6-17)24-19(15-18-7-14-27-21(18)24)20(25)22-8-9-23-10-12-26-13-11-23/h2-7,14-16H,8-13H2,1H3,(H,22,25)/t16-/m0/s1. The summed E-state index contributed by atoms with van der Waals surface area (Å²) in [4.78, 5) is 16.4. The number of nitrogens with zero attached hydrogens (tertiary/aromatic N) is 2. The molecule has 1 amide bonds. The first-order valence-electron chi connectivity index (χ1n) is 9.46. The number of fused-ring (bicyclic) bond motifs is 1. The molecule has 1 aliphatic rings. The molecule has 0 radical (unpaired) electrons. The summed E-state index contributed by atoms with van der Waals surface area (Å²) < 4.78 is 7.54. The van der Waals surface area contributed by atoms with Crippen molar-refractivity contribution >= 4 is 27.5 Å². The van der Waals surface area contributed by atoms with E-state index in [1.807, 2.05) is 24.3 Å². The van der Waals surface area contributed by atoms with Gasteiger partial charge in [0.1, 0.15) is 10.5 Å². The van der Waals surface area contributed by atoms with Gasteiger partial charge in [0.25, 0.3) is 5.91 Å². The third-order valence-corrected chi connectivity index (χ3v) is 6.09. The Morgan fingerprint density at radius 2 is 2.00 bits per heavy atom. The zero-order valence-electron chi connectivity index (χ0n) is 15.6. The van der Waals surface area contributed by atoms with Gasteiger partial charge >= 0.3 is 0 Å². The van der Waals surface area contributed by atoms with Crippen LogP contribution in [-0.4, -0.2) is 54.8 Å². The minimum Gasteiger partial charge on any atom is -0.379 e. The molecular formula is C21H25N3O2S. The molecule has 27 heavy (non-hydrogen) atoms. The molecule has 4 rings (SSSR count). The van der Waals surface area contributed by atoms with Crippen molar-refractivity contribution in [2.45, 2.75) is 13.0 Å². The molecule has 1 atom stereocenters. The van der Waals surface area contributed by atoms with Gasteiger partial charge in [0.15, 0.2) is 0 Å². The molecule has 1 aromatic carbocycles. The number of carbonyl (C=O) groups is 1. The van der Waals surface area contributed by atoms with E-state index in [1.165, 1.54) is 5.56 Å². The molecule has 0 saturated carbocycles. The van der Waals surface area contributed by atoms with Crippen molar-refractivity contribution in [1.29, 1.82) is 0 Å². The first kappa shape index (κ1) is 18.2. The monoisotopic (exact) mass is 383 g/mol. The van der Waals surface area contributed by atoms with Gasteiger partial charge in [-0.1, -0.05) is 30.3 Å². The van der Waals surface area contributed by atoms with Crippen LogP contribution in [0.1, 0.15) is 29.0 Å². The fourth-order valence-corrected chi connectivity index (χ4v) is 4.60. The van der Waals surface area contributed by atoms with Crippen molar-refractivity contribution < 1.29 is 9.53 Å². The van der Waals surface area contributed by atoms with Gasteiger partial charge in [-0.05, 0) is 30.0 Å². The van der Waals surface area contributed by atoms with Gasteiger partial charge in [0.2, 0.25) is 0 Å². The highest BCUT2D eigenvalue weighted by molar-refractivity contribution is 7.16. The average Bonchev–Trinajstić information content (AvgIpc) is 3.30. The molecule has 0 bridgehead atoms. The SMILES string of the molecule is C[C@@H](c1ccccc1)n1c(C(=O)NCCN2CCOCC2)cc2ccsc21. The first-order chi connectivity index (χ1) is 13.2. The van der Waals surface area contributed by atoms with Gasteiger partial charge in [-0.3, -0.25) is 9.69 Å². The maximum absolute atomic E-state index is 12.9. The smallest absolute Gasteiger partial charge is 0.268 e. The van der Waals surface area contributed by atoms with Crippen LogP contribution in [0, 0.1) is 0 Å². The third kappa shape index (κ3) is 3.93. The van der Waals surface area contributed by atoms with Crippen molar-refractivity contribution in [3.05, 3.63) is 59.1 Å². The van der Waals surface area contributed by atoms with E-state index in [1.54, 1.807) is 11.3 Å². The van der Waals surface area contributed by atoms with Crippen LogP contribution in [0.15, 0.2) is 47.8 Å². The molecule has 1 fully saturated rings. The van der Waals surface area contributed by atoms with Gasteiger partial charge in [-0.15, -0.1) is 11.3 Å². The summed E-state index contributed by atoms with van der Waals surface area (Å²) in [7, 11) is 0. The minimum atomic E-state index is -0.00515. The second-order valence-corrected chi connectivity index (χ2v) is 7.77. The number of benzene rings is 1. The van der Waals surface area contributed by atoms with Gasteiger partial charge in [-0.2, -0.15) is 0 Å². The van der Waals surface area contributed by atoms with Crippen molar-refractivity contribution in [1.82, 2.24) is 14.8 Å². The van der Waals surface area contributed by atoms with E-state index in [2.05, 4.69) is 45.3 Å². The number of rotatable bonds is 6. The second kappa shape index (κ2) is 8.25. The van der Waals surface area contributed by atoms with E-state index in [-0.39, 0.29) is 11.9 Å². The lowest BCUT2D eigenvalue weighted by molar-refractivity contribution is 0.0383. The predicted octanol–water partition coefficient (Wildman–Crippen LogP) is 3.37. The predicted molar refractivity (Wildman–Crippen MR) is 110 cm³/mol. The fraction of sp³-hybridized carbons (Fsp3) is 0.381. The summed E-state index contributed by atoms with van der Waals surface area (Å²) in [5, 5.41) is 6.31. The summed E-state index contributed by atoms with van der Waals surface area (Å²) in [5.41, 5.74) is 1.93. The van der Waals surface area contributed by atoms with Crippen LogP contribution in [0.3, 0.4) is 0 Å². The summed E-state index contributed by atoms with van der Waals surface area (Å²) in [5.74, 6) is -0.00515. The van der Waals surface area contributed by atoms with Gasteiger partial charge in [0, 0.05) is 31.6 Å². The molecule has 3 heterocycles. The lowest BCUT2D eigenvalue weighted by Gasteiger charge is -2.26. The molecule has 0 unspecified atom stereocenters. The number of hydrogen-bond donors (Lipinski definition) is 1. The first-order valence-corrected chi connectivity index (χ1v) is 10.3. The number of carbonyl (C=O) groups excluding carboxylic acids is 1. The number of morpholine rings is 1. The quantitative estimate of drug-likeness (QED) is 0.710. The molecule has 0 spiro atoms. The van der Waals surface area contributed by atoms with Crippen LogP contribution in [0.5, 0.6) is 0 Å². The molecule has 1 saturated heterocycles. The van der Waals surface area contributed by atoms with E-state index >= 15 is 0 Å². The topological polar surface area (TPSA) is 46.5 Å². The van der Waals surface area contributed by atoms with E-state index in [0.29, 0.717) is 6.54 Å². The van der Waals surface area contributed by atoms with Gasteiger partial charge in [-0.25, -0.2) is 0 Å². The Hall–Kier alpha value is -2.15. The summed E-state index contributed by atoms with van der Waals surface area (Å²) in [6.45, 7) is 7.10. The highest BCUT2D eigenvalue weighted by atomic mass is 32.1. The van der Waals surface area contributed by atoms with Crippen LogP contribution in [0.2, 0.25) is 0 Å². The molecule has 1 aliphatic heterocycles. The Bertz CT molecular complexity index is 897. The molecular weight excluding hydrogens is 358 g/mol. The number of ether oxygens (including phenoxy) is 1. The Kier molecular flexibility index (Phi) is 5.57. The Morgan fingerprint density at radius 1 is 1.22 bits per heavy atom. The van der Waals surface area contributed by atoms with Crippen molar-refractivity contribution in [3.8, 4) is 0 Å². The maximum atomic E-state index is 12.9.